The summed E-state index contributed by atoms with van der Waals surface area (Å²) in [6.45, 7) is 3.36. The summed E-state index contributed by atoms with van der Waals surface area (Å²) in [5.41, 5.74) is 1.27. The first-order valence-electron chi connectivity index (χ1n) is 7.33. The van der Waals surface area contributed by atoms with E-state index in [1.165, 1.54) is 6.07 Å². The third kappa shape index (κ3) is 3.09. The molecule has 122 valence electrons. The van der Waals surface area contributed by atoms with Gasteiger partial charge in [-0.2, -0.15) is 13.2 Å². The van der Waals surface area contributed by atoms with Gasteiger partial charge in [-0.25, -0.2) is 0 Å². The van der Waals surface area contributed by atoms with Gasteiger partial charge in [-0.1, -0.05) is 18.2 Å². The maximum Gasteiger partial charge on any atom is 0.435 e. The minimum absolute atomic E-state index is 0.0958. The molecule has 0 spiro atoms. The second kappa shape index (κ2) is 5.72. The van der Waals surface area contributed by atoms with Crippen LogP contribution in [0.15, 0.2) is 36.4 Å². The Bertz CT molecular complexity index is 684. The first kappa shape index (κ1) is 15.6. The lowest BCUT2D eigenvalue weighted by Gasteiger charge is -2.29. The van der Waals surface area contributed by atoms with Crippen molar-refractivity contribution in [2.24, 2.45) is 0 Å². The Morgan fingerprint density at radius 3 is 2.48 bits per heavy atom. The van der Waals surface area contributed by atoms with Crippen LogP contribution in [0.25, 0.3) is 0 Å². The zero-order chi connectivity index (χ0) is 16.6. The number of hydrogen-bond acceptors (Lipinski definition) is 4. The van der Waals surface area contributed by atoms with Crippen molar-refractivity contribution in [3.05, 3.63) is 47.7 Å². The second-order valence-electron chi connectivity index (χ2n) is 5.76. The van der Waals surface area contributed by atoms with Gasteiger partial charge in [-0.15, -0.1) is 10.2 Å². The van der Waals surface area contributed by atoms with E-state index in [1.54, 1.807) is 0 Å². The molecule has 1 aliphatic rings. The lowest BCUT2D eigenvalue weighted by atomic mass is 10.1. The average Bonchev–Trinajstić information content (AvgIpc) is 2.64. The molecular formula is C16H17F3N4. The van der Waals surface area contributed by atoms with E-state index in [4.69, 9.17) is 0 Å². The van der Waals surface area contributed by atoms with E-state index >= 15 is 0 Å². The summed E-state index contributed by atoms with van der Waals surface area (Å²) in [7, 11) is 2.01. The minimum atomic E-state index is -4.47. The van der Waals surface area contributed by atoms with Crippen molar-refractivity contribution < 1.29 is 13.2 Å². The molecule has 1 aromatic carbocycles. The van der Waals surface area contributed by atoms with Gasteiger partial charge < -0.3 is 9.80 Å². The SMILES string of the molecule is CC1CN(C)c2ccccc2CN1c1ccc(C(F)(F)F)nn1. The van der Waals surface area contributed by atoms with Crippen molar-refractivity contribution in [2.45, 2.75) is 25.7 Å². The molecule has 4 nitrogen and oxygen atoms in total. The van der Waals surface area contributed by atoms with Gasteiger partial charge in [0, 0.05) is 31.9 Å². The van der Waals surface area contributed by atoms with Crippen LogP contribution in [-0.2, 0) is 12.7 Å². The summed E-state index contributed by atoms with van der Waals surface area (Å²) in [5, 5.41) is 7.13. The summed E-state index contributed by atoms with van der Waals surface area (Å²) < 4.78 is 37.9. The monoisotopic (exact) mass is 322 g/mol. The molecule has 2 aromatic rings. The standard InChI is InChI=1S/C16H17F3N4/c1-11-9-22(2)13-6-4-3-5-12(13)10-23(11)15-8-7-14(20-21-15)16(17,18)19/h3-8,11H,9-10H2,1-2H3. The van der Waals surface area contributed by atoms with Gasteiger partial charge >= 0.3 is 6.18 Å². The Morgan fingerprint density at radius 1 is 1.09 bits per heavy atom. The number of halogens is 3. The molecule has 1 unspecified atom stereocenters. The highest BCUT2D eigenvalue weighted by Gasteiger charge is 2.33. The highest BCUT2D eigenvalue weighted by molar-refractivity contribution is 5.57. The predicted octanol–water partition coefficient (Wildman–Crippen LogP) is 3.34. The Morgan fingerprint density at radius 2 is 1.83 bits per heavy atom. The predicted molar refractivity (Wildman–Crippen MR) is 82.4 cm³/mol. The number of benzene rings is 1. The van der Waals surface area contributed by atoms with Crippen LogP contribution in [0.5, 0.6) is 0 Å². The van der Waals surface area contributed by atoms with Crippen molar-refractivity contribution in [1.82, 2.24) is 10.2 Å². The van der Waals surface area contributed by atoms with Crippen molar-refractivity contribution in [3.63, 3.8) is 0 Å². The molecule has 2 heterocycles. The van der Waals surface area contributed by atoms with E-state index in [0.717, 1.165) is 23.9 Å². The molecule has 0 saturated carbocycles. The molecule has 0 aliphatic carbocycles. The molecule has 0 radical (unpaired) electrons. The highest BCUT2D eigenvalue weighted by Crippen LogP contribution is 2.30. The number of fused-ring (bicyclic) bond motifs is 1. The van der Waals surface area contributed by atoms with Crippen LogP contribution < -0.4 is 9.80 Å². The molecule has 23 heavy (non-hydrogen) atoms. The van der Waals surface area contributed by atoms with Gasteiger partial charge in [0.05, 0.1) is 0 Å². The summed E-state index contributed by atoms with van der Waals surface area (Å²) in [4.78, 5) is 4.13. The zero-order valence-corrected chi connectivity index (χ0v) is 12.9. The van der Waals surface area contributed by atoms with E-state index in [-0.39, 0.29) is 6.04 Å². The largest absolute Gasteiger partial charge is 0.435 e. The Kier molecular flexibility index (Phi) is 3.87. The summed E-state index contributed by atoms with van der Waals surface area (Å²) in [5.74, 6) is 0.454. The second-order valence-corrected chi connectivity index (χ2v) is 5.76. The minimum Gasteiger partial charge on any atom is -0.372 e. The van der Waals surface area contributed by atoms with Gasteiger partial charge in [0.2, 0.25) is 0 Å². The van der Waals surface area contributed by atoms with Crippen molar-refractivity contribution in [1.29, 1.82) is 0 Å². The lowest BCUT2D eigenvalue weighted by Crippen LogP contribution is -2.38. The normalized spacial score (nSPS) is 18.6. The first-order valence-corrected chi connectivity index (χ1v) is 7.33. The van der Waals surface area contributed by atoms with E-state index in [0.29, 0.717) is 12.4 Å². The number of aromatic nitrogens is 2. The van der Waals surface area contributed by atoms with Gasteiger partial charge in [0.1, 0.15) is 0 Å². The van der Waals surface area contributed by atoms with Crippen molar-refractivity contribution in [3.8, 4) is 0 Å². The zero-order valence-electron chi connectivity index (χ0n) is 12.9. The maximum absolute atomic E-state index is 12.6. The number of nitrogens with zero attached hydrogens (tertiary/aromatic N) is 4. The molecule has 0 bridgehead atoms. The fourth-order valence-electron chi connectivity index (χ4n) is 2.89. The number of para-hydroxylation sites is 1. The average molecular weight is 322 g/mol. The molecule has 1 aliphatic heterocycles. The molecule has 0 fully saturated rings. The molecule has 1 aromatic heterocycles. The highest BCUT2D eigenvalue weighted by atomic mass is 19.4. The van der Waals surface area contributed by atoms with Gasteiger partial charge in [-0.3, -0.25) is 0 Å². The number of alkyl halides is 3. The first-order chi connectivity index (χ1) is 10.9. The number of rotatable bonds is 1. The third-order valence-corrected chi connectivity index (χ3v) is 4.05. The van der Waals surface area contributed by atoms with Crippen LogP contribution >= 0.6 is 0 Å². The summed E-state index contributed by atoms with van der Waals surface area (Å²) in [6, 6.07) is 10.5. The number of likely N-dealkylation sites (N-methyl/N-ethyl adjacent to an activating group) is 1. The number of anilines is 2. The maximum atomic E-state index is 12.6. The van der Waals surface area contributed by atoms with Crippen LogP contribution in [0, 0.1) is 0 Å². The van der Waals surface area contributed by atoms with Crippen LogP contribution in [0.1, 0.15) is 18.2 Å². The fourth-order valence-corrected chi connectivity index (χ4v) is 2.89. The van der Waals surface area contributed by atoms with E-state index in [1.807, 2.05) is 43.1 Å². The third-order valence-electron chi connectivity index (χ3n) is 4.05. The lowest BCUT2D eigenvalue weighted by molar-refractivity contribution is -0.141. The Labute approximate surface area is 132 Å². The van der Waals surface area contributed by atoms with Crippen LogP contribution in [0.4, 0.5) is 24.7 Å². The summed E-state index contributed by atoms with van der Waals surface area (Å²) >= 11 is 0. The Hall–Kier alpha value is -2.31. The van der Waals surface area contributed by atoms with Crippen LogP contribution in [-0.4, -0.2) is 29.8 Å². The van der Waals surface area contributed by atoms with Gasteiger partial charge in [-0.05, 0) is 30.7 Å². The molecule has 0 amide bonds. The Balaban J connectivity index is 1.93. The fraction of sp³-hybridized carbons (Fsp3) is 0.375. The summed E-state index contributed by atoms with van der Waals surface area (Å²) in [6.07, 6.45) is -4.47. The van der Waals surface area contributed by atoms with Crippen LogP contribution in [0.2, 0.25) is 0 Å². The topological polar surface area (TPSA) is 32.3 Å². The molecule has 3 rings (SSSR count). The van der Waals surface area contributed by atoms with Gasteiger partial charge in [0.15, 0.2) is 11.5 Å². The van der Waals surface area contributed by atoms with Crippen molar-refractivity contribution >= 4 is 11.5 Å². The molecular weight excluding hydrogens is 305 g/mol. The van der Waals surface area contributed by atoms with Gasteiger partial charge in [0.25, 0.3) is 0 Å². The van der Waals surface area contributed by atoms with Crippen LogP contribution in [0.3, 0.4) is 0 Å². The molecule has 0 N–H and O–H groups in total. The smallest absolute Gasteiger partial charge is 0.372 e. The van der Waals surface area contributed by atoms with E-state index in [2.05, 4.69) is 15.1 Å². The quantitative estimate of drug-likeness (QED) is 0.806. The van der Waals surface area contributed by atoms with Crippen molar-refractivity contribution in [2.75, 3.05) is 23.4 Å². The number of hydrogen-bond donors (Lipinski definition) is 0. The molecule has 0 saturated heterocycles. The molecule has 7 heteroatoms. The van der Waals surface area contributed by atoms with E-state index < -0.39 is 11.9 Å². The van der Waals surface area contributed by atoms with E-state index in [9.17, 15) is 13.2 Å². The molecule has 1 atom stereocenters.